The van der Waals surface area contributed by atoms with E-state index in [1.807, 2.05) is 54.6 Å². The molecule has 1 heterocycles. The van der Waals surface area contributed by atoms with Crippen LogP contribution in [0, 0.1) is 0 Å². The fourth-order valence-corrected chi connectivity index (χ4v) is 4.02. The first-order valence-corrected chi connectivity index (χ1v) is 11.1. The number of amides is 3. The molecule has 4 rings (SSSR count). The Kier molecular flexibility index (Phi) is 7.15. The molecule has 3 aromatic carbocycles. The second-order valence-electron chi connectivity index (χ2n) is 8.12. The molecule has 6 nitrogen and oxygen atoms in total. The molecule has 0 fully saturated rings. The van der Waals surface area contributed by atoms with Crippen LogP contribution < -0.4 is 10.6 Å². The summed E-state index contributed by atoms with van der Waals surface area (Å²) >= 11 is 0. The summed E-state index contributed by atoms with van der Waals surface area (Å²) in [4.78, 5) is 39.8. The zero-order valence-corrected chi connectivity index (χ0v) is 18.4. The second kappa shape index (κ2) is 10.6. The SMILES string of the molecule is O=C(CC(NC(=O)c1ccccc1)c1ccccc1)NCC(=O)N1CCc2ccccc2C1. The van der Waals surface area contributed by atoms with E-state index in [1.54, 1.807) is 29.2 Å². The molecule has 0 saturated carbocycles. The first-order valence-electron chi connectivity index (χ1n) is 11.1. The van der Waals surface area contributed by atoms with Gasteiger partial charge in [-0.25, -0.2) is 0 Å². The summed E-state index contributed by atoms with van der Waals surface area (Å²) in [5.74, 6) is -0.647. The molecule has 0 aliphatic carbocycles. The van der Waals surface area contributed by atoms with E-state index in [0.717, 1.165) is 17.5 Å². The maximum absolute atomic E-state index is 12.7. The fraction of sp³-hybridized carbons (Fsp3) is 0.222. The third-order valence-corrected chi connectivity index (χ3v) is 5.85. The van der Waals surface area contributed by atoms with Crippen molar-refractivity contribution in [1.29, 1.82) is 0 Å². The quantitative estimate of drug-likeness (QED) is 0.591. The average Bonchev–Trinajstić information content (AvgIpc) is 2.87. The van der Waals surface area contributed by atoms with E-state index < -0.39 is 6.04 Å². The summed E-state index contributed by atoms with van der Waals surface area (Å²) < 4.78 is 0. The van der Waals surface area contributed by atoms with Gasteiger partial charge >= 0.3 is 0 Å². The Morgan fingerprint density at radius 2 is 1.45 bits per heavy atom. The van der Waals surface area contributed by atoms with Crippen LogP contribution in [-0.2, 0) is 22.6 Å². The highest BCUT2D eigenvalue weighted by Gasteiger charge is 2.22. The third kappa shape index (κ3) is 5.86. The molecule has 2 N–H and O–H groups in total. The first-order chi connectivity index (χ1) is 16.1. The predicted molar refractivity (Wildman–Crippen MR) is 126 cm³/mol. The van der Waals surface area contributed by atoms with Crippen LogP contribution in [0.1, 0.15) is 39.5 Å². The van der Waals surface area contributed by atoms with Crippen molar-refractivity contribution >= 4 is 17.7 Å². The van der Waals surface area contributed by atoms with E-state index in [2.05, 4.69) is 16.7 Å². The van der Waals surface area contributed by atoms with Gasteiger partial charge in [0.25, 0.3) is 5.91 Å². The molecule has 1 unspecified atom stereocenters. The van der Waals surface area contributed by atoms with Crippen LogP contribution in [0.15, 0.2) is 84.9 Å². The van der Waals surface area contributed by atoms with Gasteiger partial charge in [0.1, 0.15) is 0 Å². The molecule has 33 heavy (non-hydrogen) atoms. The van der Waals surface area contributed by atoms with Crippen molar-refractivity contribution in [2.75, 3.05) is 13.1 Å². The number of carbonyl (C=O) groups is 3. The van der Waals surface area contributed by atoms with E-state index in [9.17, 15) is 14.4 Å². The third-order valence-electron chi connectivity index (χ3n) is 5.85. The van der Waals surface area contributed by atoms with Gasteiger partial charge in [0, 0.05) is 18.7 Å². The van der Waals surface area contributed by atoms with Crippen LogP contribution in [-0.4, -0.2) is 35.7 Å². The Labute approximate surface area is 193 Å². The normalized spacial score (nSPS) is 13.5. The number of hydrogen-bond acceptors (Lipinski definition) is 3. The van der Waals surface area contributed by atoms with E-state index in [4.69, 9.17) is 0 Å². The number of nitrogens with zero attached hydrogens (tertiary/aromatic N) is 1. The van der Waals surface area contributed by atoms with E-state index >= 15 is 0 Å². The van der Waals surface area contributed by atoms with Crippen molar-refractivity contribution in [2.24, 2.45) is 0 Å². The zero-order chi connectivity index (χ0) is 23.0. The lowest BCUT2D eigenvalue weighted by Gasteiger charge is -2.29. The summed E-state index contributed by atoms with van der Waals surface area (Å²) in [7, 11) is 0. The second-order valence-corrected chi connectivity index (χ2v) is 8.12. The maximum Gasteiger partial charge on any atom is 0.251 e. The molecular formula is C27H27N3O3. The smallest absolute Gasteiger partial charge is 0.251 e. The molecule has 3 aromatic rings. The molecule has 6 heteroatoms. The van der Waals surface area contributed by atoms with E-state index in [1.165, 1.54) is 5.56 Å². The minimum absolute atomic E-state index is 0.0404. The number of fused-ring (bicyclic) bond motifs is 1. The van der Waals surface area contributed by atoms with Gasteiger partial charge in [-0.1, -0.05) is 72.8 Å². The van der Waals surface area contributed by atoms with Gasteiger partial charge in [-0.2, -0.15) is 0 Å². The number of benzene rings is 3. The van der Waals surface area contributed by atoms with Gasteiger partial charge in [-0.15, -0.1) is 0 Å². The zero-order valence-electron chi connectivity index (χ0n) is 18.4. The van der Waals surface area contributed by atoms with Crippen molar-refractivity contribution in [3.8, 4) is 0 Å². The lowest BCUT2D eigenvalue weighted by molar-refractivity contribution is -0.133. The summed E-state index contributed by atoms with van der Waals surface area (Å²) in [6.45, 7) is 1.14. The van der Waals surface area contributed by atoms with Crippen LogP contribution in [0.4, 0.5) is 0 Å². The van der Waals surface area contributed by atoms with Crippen molar-refractivity contribution in [3.05, 3.63) is 107 Å². The van der Waals surface area contributed by atoms with Gasteiger partial charge in [0.15, 0.2) is 0 Å². The molecule has 1 aliphatic heterocycles. The average molecular weight is 442 g/mol. The molecule has 1 atom stereocenters. The van der Waals surface area contributed by atoms with Crippen molar-refractivity contribution in [2.45, 2.75) is 25.4 Å². The van der Waals surface area contributed by atoms with Crippen molar-refractivity contribution < 1.29 is 14.4 Å². The van der Waals surface area contributed by atoms with Crippen LogP contribution >= 0.6 is 0 Å². The van der Waals surface area contributed by atoms with Crippen LogP contribution in [0.2, 0.25) is 0 Å². The Hall–Kier alpha value is -3.93. The van der Waals surface area contributed by atoms with E-state index in [-0.39, 0.29) is 30.7 Å². The van der Waals surface area contributed by atoms with Crippen molar-refractivity contribution in [1.82, 2.24) is 15.5 Å². The minimum atomic E-state index is -0.504. The Morgan fingerprint density at radius 3 is 2.18 bits per heavy atom. The van der Waals surface area contributed by atoms with Crippen LogP contribution in [0.5, 0.6) is 0 Å². The van der Waals surface area contributed by atoms with Crippen LogP contribution in [0.3, 0.4) is 0 Å². The molecule has 0 bridgehead atoms. The number of nitrogens with one attached hydrogen (secondary N) is 2. The van der Waals surface area contributed by atoms with Crippen LogP contribution in [0.25, 0.3) is 0 Å². The Morgan fingerprint density at radius 1 is 0.818 bits per heavy atom. The Bertz CT molecular complexity index is 1120. The number of carbonyl (C=O) groups excluding carboxylic acids is 3. The summed E-state index contributed by atoms with van der Waals surface area (Å²) in [5.41, 5.74) is 3.77. The number of rotatable bonds is 7. The summed E-state index contributed by atoms with van der Waals surface area (Å²) in [6.07, 6.45) is 0.857. The largest absolute Gasteiger partial charge is 0.347 e. The first kappa shape index (κ1) is 22.3. The standard InChI is InChI=1S/C27H27N3O3/c31-25(28-18-26(32)30-16-15-20-9-7-8-14-23(20)19-30)17-24(21-10-3-1-4-11-21)29-27(33)22-12-5-2-6-13-22/h1-14,24H,15-19H2,(H,28,31)(H,29,33). The van der Waals surface area contributed by atoms with Gasteiger partial charge in [0.2, 0.25) is 11.8 Å². The Balaban J connectivity index is 1.35. The predicted octanol–water partition coefficient (Wildman–Crippen LogP) is 3.25. The lowest BCUT2D eigenvalue weighted by atomic mass is 10.00. The van der Waals surface area contributed by atoms with E-state index in [0.29, 0.717) is 18.7 Å². The molecule has 3 amide bonds. The highest BCUT2D eigenvalue weighted by molar-refractivity contribution is 5.95. The minimum Gasteiger partial charge on any atom is -0.347 e. The monoisotopic (exact) mass is 441 g/mol. The summed E-state index contributed by atoms with van der Waals surface area (Å²) in [5, 5.41) is 5.68. The molecule has 0 saturated heterocycles. The molecule has 0 radical (unpaired) electrons. The molecule has 0 spiro atoms. The molecule has 1 aliphatic rings. The van der Waals surface area contributed by atoms with Gasteiger partial charge in [-0.05, 0) is 35.2 Å². The lowest BCUT2D eigenvalue weighted by Crippen LogP contribution is -2.43. The number of hydrogen-bond donors (Lipinski definition) is 2. The highest BCUT2D eigenvalue weighted by atomic mass is 16.2. The molecular weight excluding hydrogens is 414 g/mol. The molecule has 0 aromatic heterocycles. The summed E-state index contributed by atoms with van der Waals surface area (Å²) in [6, 6.07) is 25.9. The molecule has 168 valence electrons. The van der Waals surface area contributed by atoms with Crippen molar-refractivity contribution in [3.63, 3.8) is 0 Å². The van der Waals surface area contributed by atoms with Gasteiger partial charge < -0.3 is 15.5 Å². The highest BCUT2D eigenvalue weighted by Crippen LogP contribution is 2.19. The fourth-order valence-electron chi connectivity index (χ4n) is 4.02. The van der Waals surface area contributed by atoms with Gasteiger partial charge in [-0.3, -0.25) is 14.4 Å². The topological polar surface area (TPSA) is 78.5 Å². The maximum atomic E-state index is 12.7. The van der Waals surface area contributed by atoms with Gasteiger partial charge in [0.05, 0.1) is 19.0 Å².